The van der Waals surface area contributed by atoms with Crippen molar-refractivity contribution in [2.24, 2.45) is 0 Å². The molecule has 0 bridgehead atoms. The molecule has 0 saturated carbocycles. The summed E-state index contributed by atoms with van der Waals surface area (Å²) in [5.41, 5.74) is -0.524. The van der Waals surface area contributed by atoms with Crippen LogP contribution in [0.15, 0.2) is 29.6 Å². The van der Waals surface area contributed by atoms with Gasteiger partial charge in [0.25, 0.3) is 5.91 Å². The number of esters is 1. The molecule has 0 radical (unpaired) electrons. The number of rotatable bonds is 7. The summed E-state index contributed by atoms with van der Waals surface area (Å²) in [6.45, 7) is 1.31. The molecule has 1 atom stereocenters. The zero-order valence-corrected chi connectivity index (χ0v) is 14.2. The van der Waals surface area contributed by atoms with Crippen LogP contribution in [-0.4, -0.2) is 18.0 Å². The molecule has 1 heterocycles. The number of hydrogen-bond acceptors (Lipinski definition) is 4. The number of hydrogen-bond donors (Lipinski definition) is 1. The quantitative estimate of drug-likeness (QED) is 0.590. The van der Waals surface area contributed by atoms with Gasteiger partial charge in [0, 0.05) is 11.3 Å². The Balaban J connectivity index is 1.81. The molecule has 1 aromatic heterocycles. The fourth-order valence-corrected chi connectivity index (χ4v) is 2.78. The van der Waals surface area contributed by atoms with Crippen LogP contribution in [0, 0.1) is 17.5 Å². The molecule has 0 fully saturated rings. The van der Waals surface area contributed by atoms with Gasteiger partial charge in [0.1, 0.15) is 0 Å². The van der Waals surface area contributed by atoms with Gasteiger partial charge >= 0.3 is 5.97 Å². The molecule has 25 heavy (non-hydrogen) atoms. The Kier molecular flexibility index (Phi) is 6.58. The monoisotopic (exact) mass is 371 g/mol. The molecule has 1 aromatic carbocycles. The summed E-state index contributed by atoms with van der Waals surface area (Å²) in [5.74, 6) is -5.96. The summed E-state index contributed by atoms with van der Waals surface area (Å²) < 4.78 is 44.4. The summed E-state index contributed by atoms with van der Waals surface area (Å²) >= 11 is 1.59. The van der Waals surface area contributed by atoms with Crippen LogP contribution in [-0.2, 0) is 20.7 Å². The van der Waals surface area contributed by atoms with Gasteiger partial charge in [-0.05, 0) is 43.3 Å². The highest BCUT2D eigenvalue weighted by Crippen LogP contribution is 2.20. The maximum Gasteiger partial charge on any atom is 0.306 e. The van der Waals surface area contributed by atoms with Gasteiger partial charge in [0.15, 0.2) is 23.6 Å². The first kappa shape index (κ1) is 19.0. The first-order valence-electron chi connectivity index (χ1n) is 7.54. The van der Waals surface area contributed by atoms with E-state index in [2.05, 4.69) is 5.32 Å². The van der Waals surface area contributed by atoms with Crippen LogP contribution >= 0.6 is 11.3 Å². The largest absolute Gasteiger partial charge is 0.453 e. The maximum absolute atomic E-state index is 13.5. The predicted octanol–water partition coefficient (Wildman–Crippen LogP) is 4.06. The minimum atomic E-state index is -1.68. The third-order valence-corrected chi connectivity index (χ3v) is 4.29. The van der Waals surface area contributed by atoms with E-state index < -0.39 is 41.1 Å². The van der Waals surface area contributed by atoms with E-state index >= 15 is 0 Å². The highest BCUT2D eigenvalue weighted by atomic mass is 32.1. The van der Waals surface area contributed by atoms with E-state index in [0.29, 0.717) is 12.5 Å². The van der Waals surface area contributed by atoms with Gasteiger partial charge in [-0.3, -0.25) is 9.59 Å². The lowest BCUT2D eigenvalue weighted by molar-refractivity contribution is -0.153. The highest BCUT2D eigenvalue weighted by molar-refractivity contribution is 7.09. The van der Waals surface area contributed by atoms with Crippen molar-refractivity contribution in [2.45, 2.75) is 32.3 Å². The molecule has 1 N–H and O–H groups in total. The molecule has 0 aliphatic carbocycles. The number of nitrogens with one attached hydrogen (secondary N) is 1. The fourth-order valence-electron chi connectivity index (χ4n) is 2.03. The van der Waals surface area contributed by atoms with Crippen LogP contribution < -0.4 is 5.32 Å². The number of carbonyl (C=O) groups excluding carboxylic acids is 2. The summed E-state index contributed by atoms with van der Waals surface area (Å²) in [6.07, 6.45) is 0.246. The van der Waals surface area contributed by atoms with E-state index in [1.54, 1.807) is 11.3 Å². The van der Waals surface area contributed by atoms with E-state index in [-0.39, 0.29) is 6.42 Å². The second-order valence-corrected chi connectivity index (χ2v) is 6.31. The molecule has 0 spiro atoms. The zero-order valence-electron chi connectivity index (χ0n) is 13.4. The first-order valence-corrected chi connectivity index (χ1v) is 8.42. The summed E-state index contributed by atoms with van der Waals surface area (Å²) in [6, 6.07) is 5.46. The third kappa shape index (κ3) is 5.32. The number of aryl methyl sites for hydroxylation is 1. The average Bonchev–Trinajstić information content (AvgIpc) is 3.08. The molecule has 0 unspecified atom stereocenters. The van der Waals surface area contributed by atoms with Crippen molar-refractivity contribution in [1.82, 2.24) is 0 Å². The first-order chi connectivity index (χ1) is 11.9. The van der Waals surface area contributed by atoms with Crippen molar-refractivity contribution in [3.8, 4) is 0 Å². The van der Waals surface area contributed by atoms with Gasteiger partial charge in [-0.2, -0.15) is 0 Å². The van der Waals surface area contributed by atoms with Gasteiger partial charge in [0.2, 0.25) is 0 Å². The lowest BCUT2D eigenvalue weighted by atomic mass is 10.2. The van der Waals surface area contributed by atoms with E-state index in [1.165, 1.54) is 6.92 Å². The standard InChI is InChI=1S/C17H16F3NO3S/c1-10(24-14(22)6-2-4-11-5-3-9-25-11)17(23)21-13-8-7-12(18)15(19)16(13)20/h3,5,7-10H,2,4,6H2,1H3,(H,21,23)/t10-/m0/s1. The number of carbonyl (C=O) groups is 2. The number of ether oxygens (including phenoxy) is 1. The Morgan fingerprint density at radius 2 is 1.96 bits per heavy atom. The molecule has 1 amide bonds. The second kappa shape index (κ2) is 8.66. The van der Waals surface area contributed by atoms with E-state index in [1.807, 2.05) is 17.5 Å². The van der Waals surface area contributed by atoms with Crippen LogP contribution in [0.25, 0.3) is 0 Å². The molecular weight excluding hydrogens is 355 g/mol. The minimum Gasteiger partial charge on any atom is -0.453 e. The Labute approximate surface area is 146 Å². The van der Waals surface area contributed by atoms with E-state index in [4.69, 9.17) is 4.74 Å². The molecule has 134 valence electrons. The van der Waals surface area contributed by atoms with Crippen molar-refractivity contribution in [2.75, 3.05) is 5.32 Å². The minimum absolute atomic E-state index is 0.134. The summed E-state index contributed by atoms with van der Waals surface area (Å²) in [5, 5.41) is 4.01. The van der Waals surface area contributed by atoms with Gasteiger partial charge < -0.3 is 10.1 Å². The average molecular weight is 371 g/mol. The molecular formula is C17H16F3NO3S. The van der Waals surface area contributed by atoms with Crippen molar-refractivity contribution in [1.29, 1.82) is 0 Å². The number of benzene rings is 1. The van der Waals surface area contributed by atoms with E-state index in [9.17, 15) is 22.8 Å². The molecule has 0 aliphatic heterocycles. The van der Waals surface area contributed by atoms with Gasteiger partial charge in [0.05, 0.1) is 5.69 Å². The van der Waals surface area contributed by atoms with Crippen molar-refractivity contribution in [3.05, 3.63) is 52.0 Å². The SMILES string of the molecule is C[C@H](OC(=O)CCCc1cccs1)C(=O)Nc1ccc(F)c(F)c1F. The molecule has 8 heteroatoms. The molecule has 0 saturated heterocycles. The lowest BCUT2D eigenvalue weighted by Gasteiger charge is -2.14. The Bertz CT molecular complexity index is 750. The maximum atomic E-state index is 13.5. The lowest BCUT2D eigenvalue weighted by Crippen LogP contribution is -2.30. The normalized spacial score (nSPS) is 11.8. The molecule has 0 aliphatic rings. The molecule has 2 aromatic rings. The van der Waals surface area contributed by atoms with Crippen LogP contribution in [0.1, 0.15) is 24.6 Å². The van der Waals surface area contributed by atoms with Crippen LogP contribution in [0.5, 0.6) is 0 Å². The number of anilines is 1. The zero-order chi connectivity index (χ0) is 18.4. The molecule has 4 nitrogen and oxygen atoms in total. The third-order valence-electron chi connectivity index (χ3n) is 3.35. The van der Waals surface area contributed by atoms with Gasteiger partial charge in [-0.1, -0.05) is 6.07 Å². The van der Waals surface area contributed by atoms with Crippen molar-refractivity contribution in [3.63, 3.8) is 0 Å². The number of halogens is 3. The summed E-state index contributed by atoms with van der Waals surface area (Å²) in [7, 11) is 0. The smallest absolute Gasteiger partial charge is 0.306 e. The summed E-state index contributed by atoms with van der Waals surface area (Å²) in [4.78, 5) is 24.8. The van der Waals surface area contributed by atoms with Gasteiger partial charge in [-0.15, -0.1) is 11.3 Å². The molecule has 2 rings (SSSR count). The highest BCUT2D eigenvalue weighted by Gasteiger charge is 2.21. The predicted molar refractivity (Wildman–Crippen MR) is 87.8 cm³/mol. The Morgan fingerprint density at radius 3 is 2.64 bits per heavy atom. The number of amides is 1. The van der Waals surface area contributed by atoms with Crippen molar-refractivity contribution < 1.29 is 27.5 Å². The Hall–Kier alpha value is -2.35. The van der Waals surface area contributed by atoms with Crippen molar-refractivity contribution >= 4 is 28.9 Å². The Morgan fingerprint density at radius 1 is 1.20 bits per heavy atom. The second-order valence-electron chi connectivity index (χ2n) is 5.28. The number of thiophene rings is 1. The van der Waals surface area contributed by atoms with E-state index in [0.717, 1.165) is 17.4 Å². The topological polar surface area (TPSA) is 55.4 Å². The van der Waals surface area contributed by atoms with Crippen LogP contribution in [0.3, 0.4) is 0 Å². The fraction of sp³-hybridized carbons (Fsp3) is 0.294. The van der Waals surface area contributed by atoms with Crippen LogP contribution in [0.2, 0.25) is 0 Å². The van der Waals surface area contributed by atoms with Crippen LogP contribution in [0.4, 0.5) is 18.9 Å². The van der Waals surface area contributed by atoms with Gasteiger partial charge in [-0.25, -0.2) is 13.2 Å².